The van der Waals surface area contributed by atoms with Gasteiger partial charge in [-0.3, -0.25) is 10.1 Å². The molecule has 1 rings (SSSR count). The van der Waals surface area contributed by atoms with Crippen LogP contribution in [0.4, 0.5) is 0 Å². The van der Waals surface area contributed by atoms with Crippen molar-refractivity contribution in [1.29, 1.82) is 0 Å². The van der Waals surface area contributed by atoms with Crippen molar-refractivity contribution in [3.8, 4) is 0 Å². The quantitative estimate of drug-likeness (QED) is 0.569. The van der Waals surface area contributed by atoms with E-state index in [0.717, 1.165) is 5.56 Å². The van der Waals surface area contributed by atoms with Crippen molar-refractivity contribution in [3.63, 3.8) is 0 Å². The number of benzene rings is 1. The van der Waals surface area contributed by atoms with Gasteiger partial charge in [0, 0.05) is 12.5 Å². The lowest BCUT2D eigenvalue weighted by Crippen LogP contribution is -2.02. The summed E-state index contributed by atoms with van der Waals surface area (Å²) in [7, 11) is 0. The minimum Gasteiger partial charge on any atom is -0.259 e. The number of allylic oxidation sites excluding steroid dienone is 1. The lowest BCUT2D eigenvalue weighted by molar-refractivity contribution is -0.427. The van der Waals surface area contributed by atoms with E-state index in [1.54, 1.807) is 6.08 Å². The van der Waals surface area contributed by atoms with Crippen LogP contribution in [0, 0.1) is 16.0 Å². The highest BCUT2D eigenvalue weighted by atomic mass is 16.6. The molecular weight excluding hydrogens is 226 g/mol. The molecule has 1 aromatic rings. The maximum atomic E-state index is 11.0. The molecule has 0 amide bonds. The fraction of sp³-hybridized carbons (Fsp3) is 0.467. The summed E-state index contributed by atoms with van der Waals surface area (Å²) < 4.78 is 0. The highest BCUT2D eigenvalue weighted by molar-refractivity contribution is 5.51. The molecule has 3 heteroatoms. The summed E-state index contributed by atoms with van der Waals surface area (Å²) >= 11 is 0. The molecule has 0 aliphatic rings. The number of hydrogen-bond donors (Lipinski definition) is 0. The van der Waals surface area contributed by atoms with Gasteiger partial charge in [0.25, 0.3) is 0 Å². The van der Waals surface area contributed by atoms with E-state index in [9.17, 15) is 10.1 Å². The number of nitrogens with zero attached hydrogens (tertiary/aromatic N) is 1. The van der Waals surface area contributed by atoms with Crippen LogP contribution < -0.4 is 0 Å². The molecule has 0 aliphatic carbocycles. The first kappa shape index (κ1) is 14.4. The first-order valence-corrected chi connectivity index (χ1v) is 6.35. The normalized spacial score (nSPS) is 12.2. The Hall–Kier alpha value is -1.64. The molecule has 0 aliphatic heterocycles. The predicted molar refractivity (Wildman–Crippen MR) is 75.0 cm³/mol. The summed E-state index contributed by atoms with van der Waals surface area (Å²) in [5.41, 5.74) is 2.42. The van der Waals surface area contributed by atoms with E-state index in [1.807, 2.05) is 38.1 Å². The fourth-order valence-electron chi connectivity index (χ4n) is 1.77. The van der Waals surface area contributed by atoms with Gasteiger partial charge in [-0.15, -0.1) is 0 Å². The zero-order valence-corrected chi connectivity index (χ0v) is 11.5. The minimum absolute atomic E-state index is 0.280. The van der Waals surface area contributed by atoms with Crippen LogP contribution in [0.1, 0.15) is 51.2 Å². The van der Waals surface area contributed by atoms with E-state index in [0.29, 0.717) is 12.3 Å². The van der Waals surface area contributed by atoms with Gasteiger partial charge in [-0.2, -0.15) is 0 Å². The Morgan fingerprint density at radius 1 is 1.22 bits per heavy atom. The van der Waals surface area contributed by atoms with Gasteiger partial charge < -0.3 is 0 Å². The van der Waals surface area contributed by atoms with Gasteiger partial charge in [-0.25, -0.2) is 0 Å². The van der Waals surface area contributed by atoms with Gasteiger partial charge in [0.2, 0.25) is 5.70 Å². The molecule has 18 heavy (non-hydrogen) atoms. The summed E-state index contributed by atoms with van der Waals surface area (Å²) in [6.07, 6.45) is 2.17. The van der Waals surface area contributed by atoms with Crippen LogP contribution in [0.3, 0.4) is 0 Å². The molecule has 0 bridgehead atoms. The number of nitro groups is 1. The van der Waals surface area contributed by atoms with Crippen LogP contribution >= 0.6 is 0 Å². The summed E-state index contributed by atoms with van der Waals surface area (Å²) in [4.78, 5) is 10.7. The molecule has 0 saturated carbocycles. The lowest BCUT2D eigenvalue weighted by atomic mass is 10.0. The van der Waals surface area contributed by atoms with Crippen LogP contribution in [-0.4, -0.2) is 4.92 Å². The number of rotatable bonds is 5. The second-order valence-corrected chi connectivity index (χ2v) is 5.31. The number of hydrogen-bond acceptors (Lipinski definition) is 2. The third-order valence-corrected chi connectivity index (χ3v) is 2.79. The van der Waals surface area contributed by atoms with E-state index in [2.05, 4.69) is 13.8 Å². The lowest BCUT2D eigenvalue weighted by Gasteiger charge is -2.05. The van der Waals surface area contributed by atoms with Crippen molar-refractivity contribution < 1.29 is 4.92 Å². The van der Waals surface area contributed by atoms with Gasteiger partial charge >= 0.3 is 0 Å². The maximum Gasteiger partial charge on any atom is 0.247 e. The van der Waals surface area contributed by atoms with Crippen LogP contribution in [0.2, 0.25) is 0 Å². The minimum atomic E-state index is -0.281. The van der Waals surface area contributed by atoms with Crippen molar-refractivity contribution in [2.75, 3.05) is 0 Å². The van der Waals surface area contributed by atoms with Crippen molar-refractivity contribution in [3.05, 3.63) is 51.2 Å². The molecule has 3 nitrogen and oxygen atoms in total. The monoisotopic (exact) mass is 247 g/mol. The van der Waals surface area contributed by atoms with E-state index >= 15 is 0 Å². The first-order valence-electron chi connectivity index (χ1n) is 6.35. The molecule has 0 atom stereocenters. The van der Waals surface area contributed by atoms with E-state index in [4.69, 9.17) is 0 Å². The van der Waals surface area contributed by atoms with Crippen molar-refractivity contribution in [2.45, 2.75) is 40.0 Å². The smallest absolute Gasteiger partial charge is 0.247 e. The second-order valence-electron chi connectivity index (χ2n) is 5.31. The molecule has 0 N–H and O–H groups in total. The molecule has 0 unspecified atom stereocenters. The molecule has 0 fully saturated rings. The van der Waals surface area contributed by atoms with Crippen molar-refractivity contribution >= 4 is 6.08 Å². The second kappa shape index (κ2) is 6.34. The predicted octanol–water partition coefficient (Wildman–Crippen LogP) is 4.47. The van der Waals surface area contributed by atoms with Crippen LogP contribution in [0.25, 0.3) is 6.08 Å². The Bertz CT molecular complexity index is 430. The maximum absolute atomic E-state index is 11.0. The average Bonchev–Trinajstić information content (AvgIpc) is 2.28. The topological polar surface area (TPSA) is 43.1 Å². The molecule has 0 heterocycles. The van der Waals surface area contributed by atoms with Gasteiger partial charge in [0.1, 0.15) is 0 Å². The Balaban J connectivity index is 2.94. The van der Waals surface area contributed by atoms with Gasteiger partial charge in [0.15, 0.2) is 0 Å². The standard InChI is InChI=1S/C15H21NO2/c1-11(2)9-15(16(17)18)10-13-5-7-14(8-6-13)12(3)4/h5-8,10-12H,9H2,1-4H3. The van der Waals surface area contributed by atoms with Crippen LogP contribution in [0.5, 0.6) is 0 Å². The van der Waals surface area contributed by atoms with Crippen LogP contribution in [0.15, 0.2) is 30.0 Å². The van der Waals surface area contributed by atoms with E-state index < -0.39 is 0 Å². The summed E-state index contributed by atoms with van der Waals surface area (Å²) in [5, 5.41) is 11.0. The van der Waals surface area contributed by atoms with Gasteiger partial charge in [-0.05, 0) is 23.0 Å². The highest BCUT2D eigenvalue weighted by Crippen LogP contribution is 2.18. The van der Waals surface area contributed by atoms with Gasteiger partial charge in [0.05, 0.1) is 4.92 Å². The Morgan fingerprint density at radius 3 is 2.17 bits per heavy atom. The average molecular weight is 247 g/mol. The Kier molecular flexibility index (Phi) is 5.08. The Labute approximate surface area is 109 Å². The molecule has 0 spiro atoms. The van der Waals surface area contributed by atoms with Crippen molar-refractivity contribution in [2.24, 2.45) is 5.92 Å². The Morgan fingerprint density at radius 2 is 1.78 bits per heavy atom. The molecular formula is C15H21NO2. The van der Waals surface area contributed by atoms with Gasteiger partial charge in [-0.1, -0.05) is 52.0 Å². The molecule has 1 aromatic carbocycles. The first-order chi connectivity index (χ1) is 8.40. The summed E-state index contributed by atoms with van der Waals surface area (Å²) in [6, 6.07) is 7.95. The summed E-state index contributed by atoms with van der Waals surface area (Å²) in [6.45, 7) is 8.23. The highest BCUT2D eigenvalue weighted by Gasteiger charge is 2.12. The molecule has 0 aromatic heterocycles. The van der Waals surface area contributed by atoms with E-state index in [1.165, 1.54) is 5.56 Å². The van der Waals surface area contributed by atoms with Crippen molar-refractivity contribution in [1.82, 2.24) is 0 Å². The largest absolute Gasteiger partial charge is 0.259 e. The zero-order chi connectivity index (χ0) is 13.7. The van der Waals surface area contributed by atoms with E-state index in [-0.39, 0.29) is 16.5 Å². The molecule has 98 valence electrons. The summed E-state index contributed by atoms with van der Waals surface area (Å²) in [5.74, 6) is 0.769. The molecule has 0 saturated heterocycles. The third-order valence-electron chi connectivity index (χ3n) is 2.79. The SMILES string of the molecule is CC(C)CC(=Cc1ccc(C(C)C)cc1)[N+](=O)[O-]. The van der Waals surface area contributed by atoms with Crippen LogP contribution in [-0.2, 0) is 0 Å². The molecule has 0 radical (unpaired) electrons. The third kappa shape index (κ3) is 4.32. The zero-order valence-electron chi connectivity index (χ0n) is 11.5. The fourth-order valence-corrected chi connectivity index (χ4v) is 1.77.